The molecule has 0 amide bonds. The fraction of sp³-hybridized carbons (Fsp3) is 0.833. The van der Waals surface area contributed by atoms with Gasteiger partial charge in [-0.2, -0.15) is 5.10 Å². The number of aryl methyl sites for hydroxylation is 1. The van der Waals surface area contributed by atoms with Gasteiger partial charge in [0.15, 0.2) is 0 Å². The summed E-state index contributed by atoms with van der Waals surface area (Å²) in [6, 6.07) is 0.489. The molecule has 0 aromatic carbocycles. The summed E-state index contributed by atoms with van der Waals surface area (Å²) in [7, 11) is 2.15. The maximum atomic E-state index is 4.53. The number of hydrogen-bond donors (Lipinski definition) is 1. The Bertz CT molecular complexity index is 518. The lowest BCUT2D eigenvalue weighted by molar-refractivity contribution is -0.118. The van der Waals surface area contributed by atoms with E-state index in [1.54, 1.807) is 0 Å². The Balaban J connectivity index is 1.69. The van der Waals surface area contributed by atoms with E-state index in [4.69, 9.17) is 0 Å². The van der Waals surface area contributed by atoms with Crippen molar-refractivity contribution >= 4 is 0 Å². The van der Waals surface area contributed by atoms with Crippen LogP contribution in [0.15, 0.2) is 12.4 Å². The maximum absolute atomic E-state index is 4.53. The van der Waals surface area contributed by atoms with E-state index in [0.717, 1.165) is 18.4 Å². The zero-order valence-electron chi connectivity index (χ0n) is 13.7. The van der Waals surface area contributed by atoms with E-state index in [1.807, 2.05) is 0 Å². The number of rotatable bonds is 4. The van der Waals surface area contributed by atoms with Crippen molar-refractivity contribution in [2.45, 2.75) is 65.0 Å². The minimum absolute atomic E-state index is 0.481. The number of aromatic nitrogens is 2. The highest BCUT2D eigenvalue weighted by molar-refractivity contribution is 5.20. The lowest BCUT2D eigenvalue weighted by atomic mass is 9.43. The molecule has 4 fully saturated rings. The van der Waals surface area contributed by atoms with Gasteiger partial charge in [0.05, 0.1) is 6.20 Å². The van der Waals surface area contributed by atoms with E-state index < -0.39 is 0 Å². The third kappa shape index (κ3) is 2.08. The van der Waals surface area contributed by atoms with Crippen LogP contribution in [0.2, 0.25) is 0 Å². The molecule has 1 heterocycles. The van der Waals surface area contributed by atoms with Gasteiger partial charge in [0, 0.05) is 24.3 Å². The largest absolute Gasteiger partial charge is 0.312 e. The fourth-order valence-corrected chi connectivity index (χ4v) is 6.66. The molecule has 0 aliphatic heterocycles. The molecule has 4 aliphatic rings. The summed E-state index contributed by atoms with van der Waals surface area (Å²) in [5, 5.41) is 8.20. The molecule has 3 unspecified atom stereocenters. The molecule has 0 spiro atoms. The lowest BCUT2D eigenvalue weighted by Gasteiger charge is -2.63. The molecule has 21 heavy (non-hydrogen) atoms. The fourth-order valence-electron chi connectivity index (χ4n) is 6.66. The first-order valence-electron chi connectivity index (χ1n) is 8.75. The molecule has 1 aromatic rings. The lowest BCUT2D eigenvalue weighted by Crippen LogP contribution is -2.54. The molecule has 4 bridgehead atoms. The molecule has 3 nitrogen and oxygen atoms in total. The summed E-state index contributed by atoms with van der Waals surface area (Å²) >= 11 is 0. The molecule has 116 valence electrons. The van der Waals surface area contributed by atoms with Crippen molar-refractivity contribution in [3.8, 4) is 0 Å². The summed E-state index contributed by atoms with van der Waals surface area (Å²) in [5.74, 6) is 1.96. The highest BCUT2D eigenvalue weighted by atomic mass is 15.3. The Morgan fingerprint density at radius 2 is 2.05 bits per heavy atom. The quantitative estimate of drug-likeness (QED) is 0.913. The van der Waals surface area contributed by atoms with Crippen LogP contribution in [0.3, 0.4) is 0 Å². The van der Waals surface area contributed by atoms with Crippen LogP contribution < -0.4 is 5.32 Å². The average molecular weight is 287 g/mol. The predicted octanol–water partition coefficient (Wildman–Crippen LogP) is 3.77. The van der Waals surface area contributed by atoms with Crippen molar-refractivity contribution in [1.82, 2.24) is 15.1 Å². The predicted molar refractivity (Wildman–Crippen MR) is 84.9 cm³/mol. The maximum Gasteiger partial charge on any atom is 0.0537 e. The summed E-state index contributed by atoms with van der Waals surface area (Å²) in [5.41, 5.74) is 2.50. The van der Waals surface area contributed by atoms with Gasteiger partial charge in [-0.05, 0) is 75.2 Å². The standard InChI is InChI=1S/C18H29N3/c1-4-21-11-15(10-20-21)16(19-3)18-8-13-5-14(9-18)7-17(2,6-13)12-18/h10-11,13-14,16,19H,4-9,12H2,1-3H3. The number of nitrogens with zero attached hydrogens (tertiary/aromatic N) is 2. The van der Waals surface area contributed by atoms with Gasteiger partial charge in [0.2, 0.25) is 0 Å². The van der Waals surface area contributed by atoms with Gasteiger partial charge in [0.25, 0.3) is 0 Å². The van der Waals surface area contributed by atoms with Gasteiger partial charge in [-0.15, -0.1) is 0 Å². The van der Waals surface area contributed by atoms with E-state index in [-0.39, 0.29) is 0 Å². The molecular weight excluding hydrogens is 258 g/mol. The van der Waals surface area contributed by atoms with Gasteiger partial charge in [0.1, 0.15) is 0 Å². The van der Waals surface area contributed by atoms with Crippen LogP contribution in [0.4, 0.5) is 0 Å². The molecule has 1 N–H and O–H groups in total. The number of hydrogen-bond acceptors (Lipinski definition) is 2. The van der Waals surface area contributed by atoms with Crippen molar-refractivity contribution in [3.05, 3.63) is 18.0 Å². The highest BCUT2D eigenvalue weighted by Gasteiger charge is 2.58. The third-order valence-electron chi connectivity index (χ3n) is 6.61. The van der Waals surface area contributed by atoms with Crippen molar-refractivity contribution in [2.24, 2.45) is 22.7 Å². The second-order valence-corrected chi connectivity index (χ2v) is 8.49. The normalized spacial score (nSPS) is 42.4. The molecule has 1 aromatic heterocycles. The van der Waals surface area contributed by atoms with Crippen molar-refractivity contribution in [3.63, 3.8) is 0 Å². The second-order valence-electron chi connectivity index (χ2n) is 8.49. The first-order chi connectivity index (χ1) is 10.1. The number of nitrogens with one attached hydrogen (secondary N) is 1. The Morgan fingerprint density at radius 1 is 1.33 bits per heavy atom. The first-order valence-corrected chi connectivity index (χ1v) is 8.75. The summed E-state index contributed by atoms with van der Waals surface area (Å²) in [6.07, 6.45) is 13.1. The van der Waals surface area contributed by atoms with Crippen LogP contribution in [0.5, 0.6) is 0 Å². The van der Waals surface area contributed by atoms with Crippen LogP contribution in [0.25, 0.3) is 0 Å². The minimum Gasteiger partial charge on any atom is -0.312 e. The molecule has 4 saturated carbocycles. The zero-order chi connectivity index (χ0) is 14.7. The van der Waals surface area contributed by atoms with Gasteiger partial charge in [-0.1, -0.05) is 6.92 Å². The summed E-state index contributed by atoms with van der Waals surface area (Å²) < 4.78 is 2.07. The SMILES string of the molecule is CCn1cc(C(NC)C23CC4CC(CC(C)(C4)C2)C3)cn1. The molecule has 5 rings (SSSR count). The molecular formula is C18H29N3. The van der Waals surface area contributed by atoms with Gasteiger partial charge in [-0.25, -0.2) is 0 Å². The van der Waals surface area contributed by atoms with Crippen molar-refractivity contribution in [1.29, 1.82) is 0 Å². The highest BCUT2D eigenvalue weighted by Crippen LogP contribution is 2.68. The van der Waals surface area contributed by atoms with Crippen LogP contribution in [0, 0.1) is 22.7 Å². The van der Waals surface area contributed by atoms with Crippen LogP contribution in [-0.2, 0) is 6.54 Å². The van der Waals surface area contributed by atoms with Crippen molar-refractivity contribution < 1.29 is 0 Å². The van der Waals surface area contributed by atoms with Crippen molar-refractivity contribution in [2.75, 3.05) is 7.05 Å². The summed E-state index contributed by atoms with van der Waals surface area (Å²) in [6.45, 7) is 5.69. The van der Waals surface area contributed by atoms with E-state index in [9.17, 15) is 0 Å². The Morgan fingerprint density at radius 3 is 2.57 bits per heavy atom. The van der Waals surface area contributed by atoms with Gasteiger partial charge >= 0.3 is 0 Å². The average Bonchev–Trinajstić information content (AvgIpc) is 2.84. The van der Waals surface area contributed by atoms with E-state index in [1.165, 1.54) is 44.1 Å². The van der Waals surface area contributed by atoms with E-state index in [2.05, 4.69) is 48.4 Å². The Hall–Kier alpha value is -0.830. The molecule has 3 heteroatoms. The van der Waals surface area contributed by atoms with Crippen LogP contribution >= 0.6 is 0 Å². The summed E-state index contributed by atoms with van der Waals surface area (Å²) in [4.78, 5) is 0. The Kier molecular flexibility index (Phi) is 3.01. The van der Waals surface area contributed by atoms with Crippen LogP contribution in [0.1, 0.15) is 64.0 Å². The molecule has 0 radical (unpaired) electrons. The van der Waals surface area contributed by atoms with Crippen LogP contribution in [-0.4, -0.2) is 16.8 Å². The van der Waals surface area contributed by atoms with E-state index in [0.29, 0.717) is 16.9 Å². The van der Waals surface area contributed by atoms with Gasteiger partial charge in [-0.3, -0.25) is 4.68 Å². The minimum atomic E-state index is 0.481. The van der Waals surface area contributed by atoms with E-state index >= 15 is 0 Å². The Labute approximate surface area is 128 Å². The smallest absolute Gasteiger partial charge is 0.0537 e. The molecule has 0 saturated heterocycles. The first kappa shape index (κ1) is 13.8. The molecule has 4 aliphatic carbocycles. The molecule has 3 atom stereocenters. The van der Waals surface area contributed by atoms with Gasteiger partial charge < -0.3 is 5.32 Å². The topological polar surface area (TPSA) is 29.9 Å². The third-order valence-corrected chi connectivity index (χ3v) is 6.61. The zero-order valence-corrected chi connectivity index (χ0v) is 13.7. The monoisotopic (exact) mass is 287 g/mol. The second kappa shape index (κ2) is 4.58.